The molecule has 0 radical (unpaired) electrons. The molecule has 15 heavy (non-hydrogen) atoms. The first kappa shape index (κ1) is 10.5. The average molecular weight is 207 g/mol. The number of aromatic hydroxyl groups is 1. The molecule has 1 fully saturated rings. The van der Waals surface area contributed by atoms with Crippen LogP contribution in [0.1, 0.15) is 18.4 Å². The Morgan fingerprint density at radius 1 is 1.40 bits per heavy atom. The third-order valence-corrected chi connectivity index (χ3v) is 2.81. The van der Waals surface area contributed by atoms with Gasteiger partial charge in [-0.05, 0) is 23.6 Å². The zero-order valence-electron chi connectivity index (χ0n) is 8.94. The zero-order chi connectivity index (χ0) is 10.7. The van der Waals surface area contributed by atoms with Gasteiger partial charge in [0, 0.05) is 6.54 Å². The minimum atomic E-state index is 0.325. The topological polar surface area (TPSA) is 41.5 Å². The van der Waals surface area contributed by atoms with Crippen molar-refractivity contribution < 1.29 is 9.84 Å². The molecule has 1 aliphatic rings. The summed E-state index contributed by atoms with van der Waals surface area (Å²) >= 11 is 0. The van der Waals surface area contributed by atoms with E-state index in [-0.39, 0.29) is 0 Å². The Balaban J connectivity index is 1.83. The molecule has 82 valence electrons. The van der Waals surface area contributed by atoms with E-state index in [0.717, 1.165) is 19.8 Å². The Morgan fingerprint density at radius 3 is 2.60 bits per heavy atom. The number of hydrogen-bond donors (Lipinski definition) is 2. The summed E-state index contributed by atoms with van der Waals surface area (Å²) in [5, 5.41) is 12.6. The molecule has 0 saturated carbocycles. The van der Waals surface area contributed by atoms with Gasteiger partial charge in [-0.15, -0.1) is 0 Å². The number of rotatable bonds is 4. The van der Waals surface area contributed by atoms with Crippen molar-refractivity contribution in [2.24, 2.45) is 0 Å². The Labute approximate surface area is 90.1 Å². The minimum Gasteiger partial charge on any atom is -0.508 e. The molecule has 2 N–H and O–H groups in total. The molecule has 1 aromatic carbocycles. The number of phenols is 1. The maximum Gasteiger partial charge on any atom is 0.115 e. The largest absolute Gasteiger partial charge is 0.508 e. The van der Waals surface area contributed by atoms with Gasteiger partial charge >= 0.3 is 0 Å². The molecular formula is C12H17NO2. The maximum atomic E-state index is 9.17. The van der Waals surface area contributed by atoms with Crippen LogP contribution in [-0.4, -0.2) is 30.9 Å². The molecule has 0 aliphatic carbocycles. The van der Waals surface area contributed by atoms with Crippen LogP contribution in [0.5, 0.6) is 5.75 Å². The smallest absolute Gasteiger partial charge is 0.115 e. The molecule has 3 heteroatoms. The van der Waals surface area contributed by atoms with Crippen LogP contribution in [-0.2, 0) is 4.74 Å². The molecule has 1 aliphatic heterocycles. The van der Waals surface area contributed by atoms with Crippen molar-refractivity contribution >= 4 is 0 Å². The van der Waals surface area contributed by atoms with Crippen molar-refractivity contribution in [3.05, 3.63) is 29.8 Å². The minimum absolute atomic E-state index is 0.325. The molecule has 3 nitrogen and oxygen atoms in total. The Morgan fingerprint density at radius 2 is 2.07 bits per heavy atom. The highest BCUT2D eigenvalue weighted by Gasteiger charge is 2.18. The highest BCUT2D eigenvalue weighted by atomic mass is 16.5. The molecule has 1 atom stereocenters. The zero-order valence-corrected chi connectivity index (χ0v) is 8.94. The van der Waals surface area contributed by atoms with Gasteiger partial charge in [-0.3, -0.25) is 0 Å². The van der Waals surface area contributed by atoms with Gasteiger partial charge in [-0.1, -0.05) is 19.1 Å². The van der Waals surface area contributed by atoms with Crippen LogP contribution in [0.3, 0.4) is 0 Å². The van der Waals surface area contributed by atoms with Gasteiger partial charge in [0.1, 0.15) is 5.75 Å². The molecule has 1 aromatic rings. The maximum absolute atomic E-state index is 9.17. The Hall–Kier alpha value is -1.06. The van der Waals surface area contributed by atoms with Crippen molar-refractivity contribution in [2.45, 2.75) is 18.9 Å². The van der Waals surface area contributed by atoms with Crippen LogP contribution in [0.15, 0.2) is 24.3 Å². The third-order valence-electron chi connectivity index (χ3n) is 2.81. The first-order valence-corrected chi connectivity index (χ1v) is 5.36. The molecular weight excluding hydrogens is 190 g/mol. The lowest BCUT2D eigenvalue weighted by molar-refractivity contribution is -0.00530. The standard InChI is InChI=1S/C12H17NO2/c1-9(6-13-11-7-15-8-11)10-2-4-12(14)5-3-10/h2-5,9,11,13-14H,6-8H2,1H3. The number of benzene rings is 1. The monoisotopic (exact) mass is 207 g/mol. The van der Waals surface area contributed by atoms with E-state index in [1.54, 1.807) is 12.1 Å². The molecule has 2 rings (SSSR count). The summed E-state index contributed by atoms with van der Waals surface area (Å²) in [5.74, 6) is 0.789. The summed E-state index contributed by atoms with van der Waals surface area (Å²) < 4.78 is 5.09. The summed E-state index contributed by atoms with van der Waals surface area (Å²) in [6, 6.07) is 7.94. The second kappa shape index (κ2) is 4.64. The van der Waals surface area contributed by atoms with E-state index in [4.69, 9.17) is 4.74 Å². The molecule has 1 unspecified atom stereocenters. The fourth-order valence-electron chi connectivity index (χ4n) is 1.62. The number of ether oxygens (including phenoxy) is 1. The number of nitrogens with one attached hydrogen (secondary N) is 1. The van der Waals surface area contributed by atoms with Crippen molar-refractivity contribution in [1.82, 2.24) is 5.32 Å². The van der Waals surface area contributed by atoms with E-state index in [1.807, 2.05) is 12.1 Å². The molecule has 0 amide bonds. The number of phenolic OH excluding ortho intramolecular Hbond substituents is 1. The van der Waals surface area contributed by atoms with E-state index in [1.165, 1.54) is 5.56 Å². The second-order valence-electron chi connectivity index (χ2n) is 4.14. The normalized spacial score (nSPS) is 18.5. The summed E-state index contributed by atoms with van der Waals surface area (Å²) in [6.07, 6.45) is 0. The van der Waals surface area contributed by atoms with Crippen LogP contribution < -0.4 is 5.32 Å². The highest BCUT2D eigenvalue weighted by Crippen LogP contribution is 2.18. The molecule has 0 spiro atoms. The van der Waals surface area contributed by atoms with E-state index in [9.17, 15) is 5.11 Å². The molecule has 1 saturated heterocycles. The summed E-state index contributed by atoms with van der Waals surface area (Å²) in [5.41, 5.74) is 1.25. The lowest BCUT2D eigenvalue weighted by atomic mass is 10.0. The Bertz CT molecular complexity index is 306. The van der Waals surface area contributed by atoms with Gasteiger partial charge in [0.15, 0.2) is 0 Å². The predicted molar refractivity (Wildman–Crippen MR) is 59.1 cm³/mol. The first-order chi connectivity index (χ1) is 7.25. The van der Waals surface area contributed by atoms with Crippen LogP contribution in [0, 0.1) is 0 Å². The SMILES string of the molecule is CC(CNC1COC1)c1ccc(O)cc1. The van der Waals surface area contributed by atoms with Crippen LogP contribution in [0.2, 0.25) is 0 Å². The molecule has 1 heterocycles. The van der Waals surface area contributed by atoms with Gasteiger partial charge in [0.25, 0.3) is 0 Å². The molecule has 0 aromatic heterocycles. The van der Waals surface area contributed by atoms with E-state index < -0.39 is 0 Å². The molecule has 0 bridgehead atoms. The van der Waals surface area contributed by atoms with Crippen LogP contribution in [0.25, 0.3) is 0 Å². The Kier molecular flexibility index (Phi) is 3.23. The van der Waals surface area contributed by atoms with Gasteiger partial charge in [0.05, 0.1) is 19.3 Å². The van der Waals surface area contributed by atoms with Crippen molar-refractivity contribution in [1.29, 1.82) is 0 Å². The number of hydrogen-bond acceptors (Lipinski definition) is 3. The highest BCUT2D eigenvalue weighted by molar-refractivity contribution is 5.28. The van der Waals surface area contributed by atoms with Gasteiger partial charge in [-0.2, -0.15) is 0 Å². The van der Waals surface area contributed by atoms with E-state index in [0.29, 0.717) is 17.7 Å². The van der Waals surface area contributed by atoms with E-state index in [2.05, 4.69) is 12.2 Å². The summed E-state index contributed by atoms with van der Waals surface area (Å²) in [6.45, 7) is 4.81. The average Bonchev–Trinajstić information content (AvgIpc) is 2.16. The van der Waals surface area contributed by atoms with Crippen molar-refractivity contribution in [3.63, 3.8) is 0 Å². The van der Waals surface area contributed by atoms with Crippen molar-refractivity contribution in [2.75, 3.05) is 19.8 Å². The van der Waals surface area contributed by atoms with Gasteiger partial charge < -0.3 is 15.2 Å². The lowest BCUT2D eigenvalue weighted by Gasteiger charge is -2.28. The second-order valence-corrected chi connectivity index (χ2v) is 4.14. The fraction of sp³-hybridized carbons (Fsp3) is 0.500. The third kappa shape index (κ3) is 2.70. The van der Waals surface area contributed by atoms with Crippen LogP contribution >= 0.6 is 0 Å². The summed E-state index contributed by atoms with van der Waals surface area (Å²) in [7, 11) is 0. The van der Waals surface area contributed by atoms with Crippen LogP contribution in [0.4, 0.5) is 0 Å². The quantitative estimate of drug-likeness (QED) is 0.786. The summed E-state index contributed by atoms with van der Waals surface area (Å²) in [4.78, 5) is 0. The van der Waals surface area contributed by atoms with Gasteiger partial charge in [-0.25, -0.2) is 0 Å². The van der Waals surface area contributed by atoms with Crippen molar-refractivity contribution in [3.8, 4) is 5.75 Å². The fourth-order valence-corrected chi connectivity index (χ4v) is 1.62. The first-order valence-electron chi connectivity index (χ1n) is 5.36. The predicted octanol–water partition coefficient (Wildman–Crippen LogP) is 1.48. The lowest BCUT2D eigenvalue weighted by Crippen LogP contribution is -2.47. The van der Waals surface area contributed by atoms with E-state index >= 15 is 0 Å². The van der Waals surface area contributed by atoms with Gasteiger partial charge in [0.2, 0.25) is 0 Å².